The fraction of sp³-hybridized carbons (Fsp3) is 0.462. The zero-order valence-corrected chi connectivity index (χ0v) is 10.9. The van der Waals surface area contributed by atoms with Gasteiger partial charge < -0.3 is 10.4 Å². The molecule has 0 aliphatic heterocycles. The second-order valence-electron chi connectivity index (χ2n) is 3.85. The number of aliphatic hydroxyl groups excluding tert-OH is 1. The van der Waals surface area contributed by atoms with E-state index in [4.69, 9.17) is 0 Å². The average molecular weight is 253 g/mol. The van der Waals surface area contributed by atoms with E-state index in [-0.39, 0.29) is 5.91 Å². The Kier molecular flexibility index (Phi) is 6.74. The van der Waals surface area contributed by atoms with Gasteiger partial charge in [-0.1, -0.05) is 31.5 Å². The Balaban J connectivity index is 2.17. The molecule has 0 saturated carbocycles. The number of nitrogens with one attached hydrogen (secondary N) is 1. The Morgan fingerprint density at radius 2 is 2.12 bits per heavy atom. The van der Waals surface area contributed by atoms with Crippen molar-refractivity contribution >= 4 is 17.7 Å². The second kappa shape index (κ2) is 8.14. The third kappa shape index (κ3) is 6.34. The molecule has 1 amide bonds. The number of hydrogen-bond donors (Lipinski definition) is 2. The van der Waals surface area contributed by atoms with E-state index < -0.39 is 6.10 Å². The summed E-state index contributed by atoms with van der Waals surface area (Å²) in [4.78, 5) is 12.6. The number of thioether (sulfide) groups is 1. The highest BCUT2D eigenvalue weighted by Gasteiger charge is 2.06. The minimum Gasteiger partial charge on any atom is -0.391 e. The van der Waals surface area contributed by atoms with Crippen LogP contribution in [0.15, 0.2) is 35.2 Å². The number of aliphatic hydroxyl groups is 1. The third-order valence-electron chi connectivity index (χ3n) is 2.27. The molecule has 0 saturated heterocycles. The van der Waals surface area contributed by atoms with Crippen molar-refractivity contribution < 1.29 is 9.90 Å². The molecule has 0 spiro atoms. The van der Waals surface area contributed by atoms with Gasteiger partial charge in [0.05, 0.1) is 11.9 Å². The average Bonchev–Trinajstić information content (AvgIpc) is 2.35. The molecule has 1 rings (SSSR count). The topological polar surface area (TPSA) is 49.3 Å². The second-order valence-corrected chi connectivity index (χ2v) is 4.90. The smallest absolute Gasteiger partial charge is 0.230 e. The van der Waals surface area contributed by atoms with Crippen LogP contribution >= 0.6 is 11.8 Å². The number of carbonyl (C=O) groups excluding carboxylic acids is 1. The van der Waals surface area contributed by atoms with Crippen molar-refractivity contribution in [2.45, 2.75) is 30.8 Å². The fourth-order valence-corrected chi connectivity index (χ4v) is 2.13. The van der Waals surface area contributed by atoms with Crippen LogP contribution in [0.1, 0.15) is 19.8 Å². The van der Waals surface area contributed by atoms with Gasteiger partial charge in [-0.25, -0.2) is 0 Å². The lowest BCUT2D eigenvalue weighted by Gasteiger charge is -2.10. The van der Waals surface area contributed by atoms with Crippen LogP contribution in [0.4, 0.5) is 0 Å². The molecule has 0 aromatic heterocycles. The summed E-state index contributed by atoms with van der Waals surface area (Å²) in [6.07, 6.45) is 1.23. The van der Waals surface area contributed by atoms with Gasteiger partial charge >= 0.3 is 0 Å². The SMILES string of the molecule is CCC[C@H](O)CNC(=O)CSc1ccccc1. The van der Waals surface area contributed by atoms with Crippen molar-refractivity contribution in [1.29, 1.82) is 0 Å². The Morgan fingerprint density at radius 1 is 1.41 bits per heavy atom. The van der Waals surface area contributed by atoms with Crippen LogP contribution in [-0.4, -0.2) is 29.4 Å². The van der Waals surface area contributed by atoms with Crippen LogP contribution < -0.4 is 5.32 Å². The number of amides is 1. The molecule has 1 atom stereocenters. The van der Waals surface area contributed by atoms with Gasteiger partial charge in [0.1, 0.15) is 0 Å². The predicted molar refractivity (Wildman–Crippen MR) is 71.1 cm³/mol. The minimum atomic E-state index is -0.425. The lowest BCUT2D eigenvalue weighted by Crippen LogP contribution is -2.33. The van der Waals surface area contributed by atoms with Gasteiger partial charge in [0.25, 0.3) is 0 Å². The number of benzene rings is 1. The van der Waals surface area contributed by atoms with Crippen molar-refractivity contribution in [1.82, 2.24) is 5.32 Å². The van der Waals surface area contributed by atoms with Crippen molar-refractivity contribution in [3.8, 4) is 0 Å². The molecule has 17 heavy (non-hydrogen) atoms. The molecule has 2 N–H and O–H groups in total. The summed E-state index contributed by atoms with van der Waals surface area (Å²) in [7, 11) is 0. The lowest BCUT2D eigenvalue weighted by atomic mass is 10.2. The van der Waals surface area contributed by atoms with E-state index in [2.05, 4.69) is 5.32 Å². The first kappa shape index (κ1) is 14.1. The number of carbonyl (C=O) groups is 1. The summed E-state index contributed by atoms with van der Waals surface area (Å²) in [5, 5.41) is 12.2. The zero-order valence-electron chi connectivity index (χ0n) is 10.1. The first-order chi connectivity index (χ1) is 8.22. The molecule has 0 radical (unpaired) electrons. The first-order valence-corrected chi connectivity index (χ1v) is 6.83. The highest BCUT2D eigenvalue weighted by molar-refractivity contribution is 8.00. The molecular formula is C13H19NO2S. The minimum absolute atomic E-state index is 0.0333. The molecule has 1 aromatic rings. The summed E-state index contributed by atoms with van der Waals surface area (Å²) in [5.41, 5.74) is 0. The Labute approximate surface area is 107 Å². The van der Waals surface area contributed by atoms with Crippen LogP contribution in [0.25, 0.3) is 0 Å². The predicted octanol–water partition coefficient (Wildman–Crippen LogP) is 2.06. The van der Waals surface area contributed by atoms with Gasteiger partial charge in [-0.05, 0) is 18.6 Å². The zero-order chi connectivity index (χ0) is 12.5. The van der Waals surface area contributed by atoms with E-state index in [0.717, 1.165) is 17.7 Å². The normalized spacial score (nSPS) is 12.1. The van der Waals surface area contributed by atoms with E-state index >= 15 is 0 Å². The standard InChI is InChI=1S/C13H19NO2S/c1-2-6-11(15)9-14-13(16)10-17-12-7-4-3-5-8-12/h3-5,7-8,11,15H,2,6,9-10H2,1H3,(H,14,16)/t11-/m0/s1. The van der Waals surface area contributed by atoms with Crippen LogP contribution in [-0.2, 0) is 4.79 Å². The Morgan fingerprint density at radius 3 is 2.76 bits per heavy atom. The van der Waals surface area contributed by atoms with Gasteiger partial charge in [-0.15, -0.1) is 11.8 Å². The molecule has 1 aromatic carbocycles. The van der Waals surface area contributed by atoms with Crippen LogP contribution in [0.5, 0.6) is 0 Å². The third-order valence-corrected chi connectivity index (χ3v) is 3.28. The number of hydrogen-bond acceptors (Lipinski definition) is 3. The largest absolute Gasteiger partial charge is 0.391 e. The van der Waals surface area contributed by atoms with Crippen molar-refractivity contribution in [3.63, 3.8) is 0 Å². The maximum absolute atomic E-state index is 11.5. The Bertz CT molecular complexity index is 329. The Hall–Kier alpha value is -1.00. The van der Waals surface area contributed by atoms with E-state index in [1.54, 1.807) is 0 Å². The fourth-order valence-electron chi connectivity index (χ4n) is 1.38. The quantitative estimate of drug-likeness (QED) is 0.731. The molecule has 94 valence electrons. The lowest BCUT2D eigenvalue weighted by molar-refractivity contribution is -0.119. The van der Waals surface area contributed by atoms with Crippen LogP contribution in [0.2, 0.25) is 0 Å². The number of rotatable bonds is 7. The summed E-state index contributed by atoms with van der Waals surface area (Å²) in [6, 6.07) is 9.80. The molecule has 0 heterocycles. The van der Waals surface area contributed by atoms with Gasteiger partial charge in [-0.2, -0.15) is 0 Å². The molecule has 0 aliphatic carbocycles. The van der Waals surface area contributed by atoms with E-state index in [9.17, 15) is 9.90 Å². The molecule has 0 bridgehead atoms. The summed E-state index contributed by atoms with van der Waals surface area (Å²) >= 11 is 1.50. The van der Waals surface area contributed by atoms with E-state index in [0.29, 0.717) is 12.3 Å². The maximum Gasteiger partial charge on any atom is 0.230 e. The highest BCUT2D eigenvalue weighted by atomic mass is 32.2. The van der Waals surface area contributed by atoms with Crippen molar-refractivity contribution in [3.05, 3.63) is 30.3 Å². The molecule has 0 fully saturated rings. The molecule has 3 nitrogen and oxygen atoms in total. The maximum atomic E-state index is 11.5. The summed E-state index contributed by atoms with van der Waals surface area (Å²) in [6.45, 7) is 2.36. The van der Waals surface area contributed by atoms with E-state index in [1.165, 1.54) is 11.8 Å². The summed E-state index contributed by atoms with van der Waals surface area (Å²) in [5.74, 6) is 0.358. The molecule has 0 aliphatic rings. The molecular weight excluding hydrogens is 234 g/mol. The van der Waals surface area contributed by atoms with Gasteiger partial charge in [0.15, 0.2) is 0 Å². The van der Waals surface area contributed by atoms with Crippen LogP contribution in [0, 0.1) is 0 Å². The van der Waals surface area contributed by atoms with Gasteiger partial charge in [0.2, 0.25) is 5.91 Å². The molecule has 4 heteroatoms. The highest BCUT2D eigenvalue weighted by Crippen LogP contribution is 2.16. The van der Waals surface area contributed by atoms with Crippen molar-refractivity contribution in [2.75, 3.05) is 12.3 Å². The molecule has 0 unspecified atom stereocenters. The van der Waals surface area contributed by atoms with Gasteiger partial charge in [-0.3, -0.25) is 4.79 Å². The summed E-state index contributed by atoms with van der Waals surface area (Å²) < 4.78 is 0. The van der Waals surface area contributed by atoms with Gasteiger partial charge in [0, 0.05) is 11.4 Å². The monoisotopic (exact) mass is 253 g/mol. The van der Waals surface area contributed by atoms with E-state index in [1.807, 2.05) is 37.3 Å². The van der Waals surface area contributed by atoms with Crippen LogP contribution in [0.3, 0.4) is 0 Å². The first-order valence-electron chi connectivity index (χ1n) is 5.85. The van der Waals surface area contributed by atoms with Crippen molar-refractivity contribution in [2.24, 2.45) is 0 Å².